The molecule has 0 aliphatic carbocycles. The van der Waals surface area contributed by atoms with E-state index in [4.69, 9.17) is 4.74 Å². The molecule has 3 aromatic carbocycles. The van der Waals surface area contributed by atoms with Gasteiger partial charge in [0.1, 0.15) is 11.5 Å². The van der Waals surface area contributed by atoms with Gasteiger partial charge in [0.05, 0.1) is 0 Å². The minimum Gasteiger partial charge on any atom is -0.457 e. The summed E-state index contributed by atoms with van der Waals surface area (Å²) >= 11 is 3.40. The Morgan fingerprint density at radius 3 is 2.04 bits per heavy atom. The van der Waals surface area contributed by atoms with Crippen LogP contribution in [0.5, 0.6) is 11.5 Å². The van der Waals surface area contributed by atoms with Crippen molar-refractivity contribution in [2.75, 3.05) is 5.32 Å². The van der Waals surface area contributed by atoms with Crippen molar-refractivity contribution in [3.8, 4) is 11.5 Å². The number of carbonyl (C=O) groups excluding carboxylic acids is 1. The summed E-state index contributed by atoms with van der Waals surface area (Å²) in [6, 6.07) is 20.6. The van der Waals surface area contributed by atoms with Crippen LogP contribution < -0.4 is 10.1 Å². The van der Waals surface area contributed by atoms with Gasteiger partial charge in [-0.1, -0.05) is 22.0 Å². The molecule has 25 heavy (non-hydrogen) atoms. The maximum Gasteiger partial charge on any atom is 0.255 e. The highest BCUT2D eigenvalue weighted by atomic mass is 79.9. The number of aryl methyl sites for hydroxylation is 2. The third kappa shape index (κ3) is 4.48. The van der Waals surface area contributed by atoms with Gasteiger partial charge in [0.25, 0.3) is 5.91 Å². The molecular formula is C21H18BrNO2. The lowest BCUT2D eigenvalue weighted by Crippen LogP contribution is -2.12. The van der Waals surface area contributed by atoms with Gasteiger partial charge in [-0.3, -0.25) is 4.79 Å². The number of carbonyl (C=O) groups is 1. The van der Waals surface area contributed by atoms with Crippen molar-refractivity contribution in [2.24, 2.45) is 0 Å². The molecule has 0 heterocycles. The van der Waals surface area contributed by atoms with Crippen LogP contribution in [0.4, 0.5) is 5.69 Å². The predicted octanol–water partition coefficient (Wildman–Crippen LogP) is 6.11. The smallest absolute Gasteiger partial charge is 0.255 e. The van der Waals surface area contributed by atoms with Gasteiger partial charge in [-0.05, 0) is 85.6 Å². The van der Waals surface area contributed by atoms with Crippen molar-refractivity contribution in [1.82, 2.24) is 0 Å². The second kappa shape index (κ2) is 7.53. The molecular weight excluding hydrogens is 378 g/mol. The lowest BCUT2D eigenvalue weighted by molar-refractivity contribution is 0.102. The van der Waals surface area contributed by atoms with E-state index in [0.717, 1.165) is 21.5 Å². The van der Waals surface area contributed by atoms with Crippen LogP contribution in [-0.4, -0.2) is 5.91 Å². The van der Waals surface area contributed by atoms with E-state index >= 15 is 0 Å². The monoisotopic (exact) mass is 395 g/mol. The Hall–Kier alpha value is -2.59. The van der Waals surface area contributed by atoms with Gasteiger partial charge in [0.2, 0.25) is 0 Å². The number of nitrogens with one attached hydrogen (secondary N) is 1. The van der Waals surface area contributed by atoms with E-state index in [-0.39, 0.29) is 5.91 Å². The van der Waals surface area contributed by atoms with Crippen LogP contribution in [0.3, 0.4) is 0 Å². The average Bonchev–Trinajstić information content (AvgIpc) is 2.61. The molecule has 1 amide bonds. The number of hydrogen-bond acceptors (Lipinski definition) is 2. The standard InChI is InChI=1S/C21H18BrNO2/c1-14-3-4-16(13-15(14)2)21(24)23-18-7-11-20(12-8-18)25-19-9-5-17(22)6-10-19/h3-13H,1-2H3,(H,23,24). The summed E-state index contributed by atoms with van der Waals surface area (Å²) in [5.41, 5.74) is 3.65. The van der Waals surface area contributed by atoms with E-state index in [0.29, 0.717) is 11.3 Å². The number of rotatable bonds is 4. The SMILES string of the molecule is Cc1ccc(C(=O)Nc2ccc(Oc3ccc(Br)cc3)cc2)cc1C. The summed E-state index contributed by atoms with van der Waals surface area (Å²) < 4.78 is 6.78. The van der Waals surface area contributed by atoms with Crippen LogP contribution in [0.15, 0.2) is 71.2 Å². The number of benzene rings is 3. The Bertz CT molecular complexity index is 887. The summed E-state index contributed by atoms with van der Waals surface area (Å²) in [6.07, 6.45) is 0. The zero-order valence-corrected chi connectivity index (χ0v) is 15.6. The Kier molecular flexibility index (Phi) is 5.19. The molecule has 0 unspecified atom stereocenters. The maximum absolute atomic E-state index is 12.3. The van der Waals surface area contributed by atoms with Crippen LogP contribution in [0.2, 0.25) is 0 Å². The van der Waals surface area contributed by atoms with E-state index < -0.39 is 0 Å². The summed E-state index contributed by atoms with van der Waals surface area (Å²) in [6.45, 7) is 4.03. The third-order valence-corrected chi connectivity index (χ3v) is 4.46. The molecule has 1 N–H and O–H groups in total. The summed E-state index contributed by atoms with van der Waals surface area (Å²) in [7, 11) is 0. The zero-order valence-electron chi connectivity index (χ0n) is 14.0. The minimum atomic E-state index is -0.121. The molecule has 0 aliphatic heterocycles. The molecule has 3 rings (SSSR count). The maximum atomic E-state index is 12.3. The molecule has 0 saturated heterocycles. The highest BCUT2D eigenvalue weighted by molar-refractivity contribution is 9.10. The molecule has 0 aliphatic rings. The zero-order chi connectivity index (χ0) is 17.8. The predicted molar refractivity (Wildman–Crippen MR) is 105 cm³/mol. The van der Waals surface area contributed by atoms with Gasteiger partial charge in [-0.15, -0.1) is 0 Å². The van der Waals surface area contributed by atoms with Crippen molar-refractivity contribution in [2.45, 2.75) is 13.8 Å². The van der Waals surface area contributed by atoms with Crippen LogP contribution in [0, 0.1) is 13.8 Å². The molecule has 126 valence electrons. The van der Waals surface area contributed by atoms with Crippen molar-refractivity contribution >= 4 is 27.5 Å². The molecule has 0 radical (unpaired) electrons. The molecule has 4 heteroatoms. The highest BCUT2D eigenvalue weighted by Crippen LogP contribution is 2.24. The van der Waals surface area contributed by atoms with Crippen LogP contribution in [-0.2, 0) is 0 Å². The first kappa shape index (κ1) is 17.2. The molecule has 0 spiro atoms. The van der Waals surface area contributed by atoms with E-state index in [1.54, 1.807) is 0 Å². The van der Waals surface area contributed by atoms with E-state index in [2.05, 4.69) is 21.2 Å². The molecule has 0 atom stereocenters. The van der Waals surface area contributed by atoms with E-state index in [1.807, 2.05) is 80.6 Å². The second-order valence-electron chi connectivity index (χ2n) is 5.83. The molecule has 3 aromatic rings. The molecule has 0 saturated carbocycles. The van der Waals surface area contributed by atoms with Gasteiger partial charge in [0.15, 0.2) is 0 Å². The van der Waals surface area contributed by atoms with Crippen molar-refractivity contribution in [3.05, 3.63) is 87.9 Å². The fraction of sp³-hybridized carbons (Fsp3) is 0.0952. The first-order chi connectivity index (χ1) is 12.0. The Morgan fingerprint density at radius 2 is 1.44 bits per heavy atom. The Morgan fingerprint density at radius 1 is 0.840 bits per heavy atom. The van der Waals surface area contributed by atoms with Gasteiger partial charge < -0.3 is 10.1 Å². The van der Waals surface area contributed by atoms with Gasteiger partial charge in [0, 0.05) is 15.7 Å². The normalized spacial score (nSPS) is 10.4. The average molecular weight is 396 g/mol. The number of amides is 1. The number of hydrogen-bond donors (Lipinski definition) is 1. The molecule has 0 fully saturated rings. The summed E-state index contributed by atoms with van der Waals surface area (Å²) in [5.74, 6) is 1.35. The van der Waals surface area contributed by atoms with E-state index in [1.165, 1.54) is 5.56 Å². The summed E-state index contributed by atoms with van der Waals surface area (Å²) in [5, 5.41) is 2.90. The van der Waals surface area contributed by atoms with Crippen LogP contribution >= 0.6 is 15.9 Å². The topological polar surface area (TPSA) is 38.3 Å². The van der Waals surface area contributed by atoms with E-state index in [9.17, 15) is 4.79 Å². The quantitative estimate of drug-likeness (QED) is 0.578. The Balaban J connectivity index is 1.66. The number of ether oxygens (including phenoxy) is 1. The summed E-state index contributed by atoms with van der Waals surface area (Å²) in [4.78, 5) is 12.3. The Labute approximate surface area is 155 Å². The molecule has 3 nitrogen and oxygen atoms in total. The first-order valence-corrected chi connectivity index (χ1v) is 8.73. The van der Waals surface area contributed by atoms with Gasteiger partial charge in [-0.2, -0.15) is 0 Å². The van der Waals surface area contributed by atoms with Gasteiger partial charge >= 0.3 is 0 Å². The molecule has 0 bridgehead atoms. The fourth-order valence-electron chi connectivity index (χ4n) is 2.33. The van der Waals surface area contributed by atoms with Crippen LogP contribution in [0.25, 0.3) is 0 Å². The fourth-order valence-corrected chi connectivity index (χ4v) is 2.60. The lowest BCUT2D eigenvalue weighted by atomic mass is 10.1. The third-order valence-electron chi connectivity index (χ3n) is 3.93. The van der Waals surface area contributed by atoms with Crippen LogP contribution in [0.1, 0.15) is 21.5 Å². The first-order valence-electron chi connectivity index (χ1n) is 7.93. The van der Waals surface area contributed by atoms with Crippen molar-refractivity contribution < 1.29 is 9.53 Å². The van der Waals surface area contributed by atoms with Gasteiger partial charge in [-0.25, -0.2) is 0 Å². The van der Waals surface area contributed by atoms with Crippen molar-refractivity contribution in [1.29, 1.82) is 0 Å². The number of halogens is 1. The minimum absolute atomic E-state index is 0.121. The number of anilines is 1. The lowest BCUT2D eigenvalue weighted by Gasteiger charge is -2.09. The largest absolute Gasteiger partial charge is 0.457 e. The highest BCUT2D eigenvalue weighted by Gasteiger charge is 2.07. The molecule has 0 aromatic heterocycles. The second-order valence-corrected chi connectivity index (χ2v) is 6.75. The van der Waals surface area contributed by atoms with Crippen molar-refractivity contribution in [3.63, 3.8) is 0 Å².